The van der Waals surface area contributed by atoms with Gasteiger partial charge in [-0.2, -0.15) is 0 Å². The van der Waals surface area contributed by atoms with Crippen molar-refractivity contribution in [1.29, 1.82) is 0 Å². The maximum Gasteiger partial charge on any atom is 0.141 e. The molecular formula is C20H22ClN5. The minimum Gasteiger partial charge on any atom is -0.347 e. The molecule has 26 heavy (non-hydrogen) atoms. The highest BCUT2D eigenvalue weighted by Crippen LogP contribution is 2.33. The van der Waals surface area contributed by atoms with Crippen LogP contribution >= 0.6 is 11.6 Å². The van der Waals surface area contributed by atoms with Crippen molar-refractivity contribution in [3.63, 3.8) is 0 Å². The Kier molecular flexibility index (Phi) is 3.87. The number of nitrogens with one attached hydrogen (secondary N) is 1. The molecule has 1 unspecified atom stereocenters. The van der Waals surface area contributed by atoms with Crippen LogP contribution in [0.5, 0.6) is 0 Å². The predicted molar refractivity (Wildman–Crippen MR) is 102 cm³/mol. The third-order valence-corrected chi connectivity index (χ3v) is 6.21. The van der Waals surface area contributed by atoms with E-state index in [1.165, 1.54) is 29.2 Å². The number of halogens is 1. The molecule has 0 amide bonds. The van der Waals surface area contributed by atoms with Crippen LogP contribution in [0, 0.1) is 0 Å². The van der Waals surface area contributed by atoms with Gasteiger partial charge in [0.1, 0.15) is 5.82 Å². The largest absolute Gasteiger partial charge is 0.347 e. The number of nitrogens with zero attached hydrogens (tertiary/aromatic N) is 4. The Morgan fingerprint density at radius 3 is 2.96 bits per heavy atom. The van der Waals surface area contributed by atoms with Gasteiger partial charge in [-0.3, -0.25) is 4.90 Å². The van der Waals surface area contributed by atoms with E-state index in [0.29, 0.717) is 6.04 Å². The average Bonchev–Trinajstić information content (AvgIpc) is 3.26. The Morgan fingerprint density at radius 1 is 1.19 bits per heavy atom. The second kappa shape index (κ2) is 6.25. The highest BCUT2D eigenvalue weighted by atomic mass is 35.5. The number of fused-ring (bicyclic) bond motifs is 2. The summed E-state index contributed by atoms with van der Waals surface area (Å²) in [6.45, 7) is 2.06. The highest BCUT2D eigenvalue weighted by Gasteiger charge is 2.31. The summed E-state index contributed by atoms with van der Waals surface area (Å²) in [4.78, 5) is 15.3. The SMILES string of the molecule is Cn1c(-c2ccccc2Cl)nc2c1CCC(N1CCc3nc[nH]c3C1)C2. The number of benzene rings is 1. The predicted octanol–water partition coefficient (Wildman–Crippen LogP) is 3.38. The lowest BCUT2D eigenvalue weighted by Crippen LogP contribution is -2.42. The molecule has 1 aliphatic carbocycles. The van der Waals surface area contributed by atoms with Gasteiger partial charge in [-0.25, -0.2) is 9.97 Å². The van der Waals surface area contributed by atoms with Gasteiger partial charge in [-0.1, -0.05) is 23.7 Å². The molecule has 0 saturated carbocycles. The van der Waals surface area contributed by atoms with Gasteiger partial charge in [0, 0.05) is 50.3 Å². The van der Waals surface area contributed by atoms with Crippen LogP contribution in [-0.4, -0.2) is 37.0 Å². The van der Waals surface area contributed by atoms with Crippen LogP contribution in [0.2, 0.25) is 5.02 Å². The summed E-state index contributed by atoms with van der Waals surface area (Å²) in [5.41, 5.74) is 6.11. The summed E-state index contributed by atoms with van der Waals surface area (Å²) in [5, 5.41) is 0.761. The van der Waals surface area contributed by atoms with E-state index in [1.807, 2.05) is 24.5 Å². The van der Waals surface area contributed by atoms with Crippen molar-refractivity contribution in [2.75, 3.05) is 6.54 Å². The summed E-state index contributed by atoms with van der Waals surface area (Å²) < 4.78 is 2.23. The van der Waals surface area contributed by atoms with Crippen molar-refractivity contribution in [2.45, 2.75) is 38.3 Å². The van der Waals surface area contributed by atoms with Crippen LogP contribution in [0.4, 0.5) is 0 Å². The third kappa shape index (κ3) is 2.58. The molecule has 0 spiro atoms. The zero-order valence-electron chi connectivity index (χ0n) is 14.9. The Bertz CT molecular complexity index is 957. The van der Waals surface area contributed by atoms with E-state index in [1.54, 1.807) is 0 Å². The number of hydrogen-bond acceptors (Lipinski definition) is 3. The van der Waals surface area contributed by atoms with Gasteiger partial charge in [0.25, 0.3) is 0 Å². The van der Waals surface area contributed by atoms with Crippen molar-refractivity contribution in [3.8, 4) is 11.4 Å². The number of hydrogen-bond donors (Lipinski definition) is 1. The molecule has 1 atom stereocenters. The molecule has 0 fully saturated rings. The number of aromatic nitrogens is 4. The van der Waals surface area contributed by atoms with E-state index in [2.05, 4.69) is 32.5 Å². The van der Waals surface area contributed by atoms with Crippen LogP contribution in [0.3, 0.4) is 0 Å². The summed E-state index contributed by atoms with van der Waals surface area (Å²) in [6.07, 6.45) is 6.12. The zero-order chi connectivity index (χ0) is 17.7. The molecule has 1 N–H and O–H groups in total. The number of rotatable bonds is 2. The van der Waals surface area contributed by atoms with Gasteiger partial charge in [0.05, 0.1) is 28.4 Å². The molecular weight excluding hydrogens is 346 g/mol. The van der Waals surface area contributed by atoms with Crippen LogP contribution in [0.1, 0.15) is 29.2 Å². The molecule has 1 aliphatic heterocycles. The van der Waals surface area contributed by atoms with Crippen molar-refractivity contribution < 1.29 is 0 Å². The fourth-order valence-corrected chi connectivity index (χ4v) is 4.65. The maximum atomic E-state index is 6.41. The monoisotopic (exact) mass is 367 g/mol. The number of aromatic amines is 1. The molecule has 1 aromatic carbocycles. The highest BCUT2D eigenvalue weighted by molar-refractivity contribution is 6.33. The standard InChI is InChI=1S/C20H22ClN5/c1-25-19-7-6-13(26-9-8-16-18(11-26)23-12-22-16)10-17(19)24-20(25)14-4-2-3-5-15(14)21/h2-5,12-13H,6-11H2,1H3,(H,22,23). The third-order valence-electron chi connectivity index (χ3n) is 5.88. The van der Waals surface area contributed by atoms with E-state index in [-0.39, 0.29) is 0 Å². The summed E-state index contributed by atoms with van der Waals surface area (Å²) >= 11 is 6.41. The lowest BCUT2D eigenvalue weighted by atomic mass is 9.93. The van der Waals surface area contributed by atoms with Gasteiger partial charge >= 0.3 is 0 Å². The van der Waals surface area contributed by atoms with E-state index >= 15 is 0 Å². The molecule has 3 aromatic rings. The second-order valence-corrected chi connectivity index (χ2v) is 7.72. The quantitative estimate of drug-likeness (QED) is 0.755. The number of H-pyrrole nitrogens is 1. The first-order valence-electron chi connectivity index (χ1n) is 9.25. The molecule has 0 radical (unpaired) electrons. The lowest BCUT2D eigenvalue weighted by molar-refractivity contribution is 0.159. The van der Waals surface area contributed by atoms with Crippen molar-refractivity contribution in [3.05, 3.63) is 58.4 Å². The molecule has 5 nitrogen and oxygen atoms in total. The molecule has 2 aromatic heterocycles. The van der Waals surface area contributed by atoms with Crippen LogP contribution in [-0.2, 0) is 32.9 Å². The first-order chi connectivity index (χ1) is 12.7. The molecule has 5 rings (SSSR count). The van der Waals surface area contributed by atoms with E-state index in [9.17, 15) is 0 Å². The van der Waals surface area contributed by atoms with Crippen LogP contribution < -0.4 is 0 Å². The van der Waals surface area contributed by atoms with Crippen molar-refractivity contribution in [1.82, 2.24) is 24.4 Å². The van der Waals surface area contributed by atoms with E-state index < -0.39 is 0 Å². The molecule has 3 heterocycles. The fraction of sp³-hybridized carbons (Fsp3) is 0.400. The molecule has 6 heteroatoms. The summed E-state index contributed by atoms with van der Waals surface area (Å²) in [7, 11) is 2.11. The fourth-order valence-electron chi connectivity index (χ4n) is 4.43. The summed E-state index contributed by atoms with van der Waals surface area (Å²) in [6, 6.07) is 8.52. The van der Waals surface area contributed by atoms with E-state index in [0.717, 1.165) is 48.8 Å². The minimum absolute atomic E-state index is 0.549. The van der Waals surface area contributed by atoms with Gasteiger partial charge in [0.15, 0.2) is 0 Å². The lowest BCUT2D eigenvalue weighted by Gasteiger charge is -2.36. The first-order valence-corrected chi connectivity index (χ1v) is 9.63. The zero-order valence-corrected chi connectivity index (χ0v) is 15.6. The smallest absolute Gasteiger partial charge is 0.141 e. The molecule has 0 saturated heterocycles. The molecule has 2 aliphatic rings. The van der Waals surface area contributed by atoms with Gasteiger partial charge < -0.3 is 9.55 Å². The summed E-state index contributed by atoms with van der Waals surface area (Å²) in [5.74, 6) is 0.982. The Balaban J connectivity index is 1.42. The maximum absolute atomic E-state index is 6.41. The molecule has 0 bridgehead atoms. The van der Waals surface area contributed by atoms with Gasteiger partial charge in [-0.15, -0.1) is 0 Å². The molecule has 134 valence electrons. The van der Waals surface area contributed by atoms with Crippen molar-refractivity contribution in [2.24, 2.45) is 7.05 Å². The minimum atomic E-state index is 0.549. The van der Waals surface area contributed by atoms with E-state index in [4.69, 9.17) is 16.6 Å². The van der Waals surface area contributed by atoms with Gasteiger partial charge in [-0.05, 0) is 25.0 Å². The first kappa shape index (κ1) is 16.1. The number of imidazole rings is 2. The Labute approximate surface area is 158 Å². The van der Waals surface area contributed by atoms with Gasteiger partial charge in [0.2, 0.25) is 0 Å². The van der Waals surface area contributed by atoms with Crippen molar-refractivity contribution >= 4 is 11.6 Å². The van der Waals surface area contributed by atoms with Crippen LogP contribution in [0.25, 0.3) is 11.4 Å². The Hall–Kier alpha value is -2.11. The average molecular weight is 368 g/mol. The topological polar surface area (TPSA) is 49.7 Å². The second-order valence-electron chi connectivity index (χ2n) is 7.31. The van der Waals surface area contributed by atoms with Crippen LogP contribution in [0.15, 0.2) is 30.6 Å². The Morgan fingerprint density at radius 2 is 2.08 bits per heavy atom. The normalized spacial score (nSPS) is 20.0.